The van der Waals surface area contributed by atoms with Gasteiger partial charge in [-0.25, -0.2) is 8.78 Å². The summed E-state index contributed by atoms with van der Waals surface area (Å²) in [6, 6.07) is 23.7. The van der Waals surface area contributed by atoms with E-state index in [4.69, 9.17) is 9.47 Å². The smallest absolute Gasteiger partial charge is 0.131 e. The van der Waals surface area contributed by atoms with Crippen LogP contribution in [0, 0.1) is 23.5 Å². The third-order valence-electron chi connectivity index (χ3n) is 5.11. The van der Waals surface area contributed by atoms with Crippen molar-refractivity contribution >= 4 is 0 Å². The summed E-state index contributed by atoms with van der Waals surface area (Å²) in [7, 11) is 3.13. The molecule has 0 bridgehead atoms. The van der Waals surface area contributed by atoms with Crippen LogP contribution in [0.15, 0.2) is 84.9 Å². The summed E-state index contributed by atoms with van der Waals surface area (Å²) >= 11 is 0. The van der Waals surface area contributed by atoms with E-state index in [0.717, 1.165) is 0 Å². The highest BCUT2D eigenvalue weighted by atomic mass is 19.1. The van der Waals surface area contributed by atoms with Gasteiger partial charge < -0.3 is 9.47 Å². The SMILES string of the molecule is COc1ccc(-c2ccccc2F)c(C#Cc2cc(OC)ccc2-c2ccccc2F)c1. The monoisotopic (exact) mass is 426 g/mol. The lowest BCUT2D eigenvalue weighted by atomic mass is 9.97. The molecule has 0 aliphatic carbocycles. The van der Waals surface area contributed by atoms with Crippen molar-refractivity contribution < 1.29 is 18.3 Å². The van der Waals surface area contributed by atoms with Gasteiger partial charge in [-0.05, 0) is 48.5 Å². The van der Waals surface area contributed by atoms with Gasteiger partial charge in [0.05, 0.1) is 14.2 Å². The summed E-state index contributed by atoms with van der Waals surface area (Å²) in [5.41, 5.74) is 3.37. The molecule has 0 saturated heterocycles. The first kappa shape index (κ1) is 21.1. The highest BCUT2D eigenvalue weighted by Crippen LogP contribution is 2.31. The summed E-state index contributed by atoms with van der Waals surface area (Å²) < 4.78 is 39.7. The van der Waals surface area contributed by atoms with Crippen molar-refractivity contribution in [3.63, 3.8) is 0 Å². The molecule has 0 aliphatic heterocycles. The predicted molar refractivity (Wildman–Crippen MR) is 123 cm³/mol. The lowest BCUT2D eigenvalue weighted by Gasteiger charge is -2.10. The first-order chi connectivity index (χ1) is 15.6. The van der Waals surface area contributed by atoms with Crippen LogP contribution in [0.25, 0.3) is 22.3 Å². The van der Waals surface area contributed by atoms with Crippen LogP contribution in [0.2, 0.25) is 0 Å². The number of ether oxygens (including phenoxy) is 2. The van der Waals surface area contributed by atoms with Crippen molar-refractivity contribution in [3.05, 3.63) is 108 Å². The topological polar surface area (TPSA) is 18.5 Å². The van der Waals surface area contributed by atoms with E-state index >= 15 is 0 Å². The first-order valence-electron chi connectivity index (χ1n) is 9.98. The second kappa shape index (κ2) is 9.36. The zero-order chi connectivity index (χ0) is 22.5. The molecule has 4 aromatic carbocycles. The van der Waals surface area contributed by atoms with E-state index in [-0.39, 0.29) is 11.6 Å². The van der Waals surface area contributed by atoms with Crippen LogP contribution in [-0.2, 0) is 0 Å². The average molecular weight is 426 g/mol. The summed E-state index contributed by atoms with van der Waals surface area (Å²) in [4.78, 5) is 0. The van der Waals surface area contributed by atoms with Crippen LogP contribution in [0.5, 0.6) is 11.5 Å². The van der Waals surface area contributed by atoms with Gasteiger partial charge in [0.2, 0.25) is 0 Å². The van der Waals surface area contributed by atoms with Crippen LogP contribution in [0.1, 0.15) is 11.1 Å². The lowest BCUT2D eigenvalue weighted by Crippen LogP contribution is -1.92. The maximum absolute atomic E-state index is 14.5. The zero-order valence-electron chi connectivity index (χ0n) is 17.7. The van der Waals surface area contributed by atoms with E-state index in [2.05, 4.69) is 11.8 Å². The normalized spacial score (nSPS) is 10.2. The molecule has 158 valence electrons. The molecule has 0 unspecified atom stereocenters. The Morgan fingerprint density at radius 1 is 0.531 bits per heavy atom. The highest BCUT2D eigenvalue weighted by Gasteiger charge is 2.12. The molecule has 4 aromatic rings. The number of benzene rings is 4. The van der Waals surface area contributed by atoms with Gasteiger partial charge in [-0.15, -0.1) is 0 Å². The number of halogens is 2. The van der Waals surface area contributed by atoms with Gasteiger partial charge in [0.25, 0.3) is 0 Å². The molecule has 0 radical (unpaired) electrons. The molecule has 0 aromatic heterocycles. The fourth-order valence-electron chi connectivity index (χ4n) is 3.47. The Balaban J connectivity index is 1.89. The summed E-state index contributed by atoms with van der Waals surface area (Å²) in [5.74, 6) is 6.81. The molecule has 4 rings (SSSR count). The Kier molecular flexibility index (Phi) is 6.19. The van der Waals surface area contributed by atoms with E-state index in [1.165, 1.54) is 12.1 Å². The van der Waals surface area contributed by atoms with Crippen LogP contribution in [0.4, 0.5) is 8.78 Å². The molecule has 0 heterocycles. The van der Waals surface area contributed by atoms with Crippen molar-refractivity contribution in [3.8, 4) is 45.6 Å². The summed E-state index contributed by atoms with van der Waals surface area (Å²) in [6.07, 6.45) is 0. The third kappa shape index (κ3) is 4.33. The standard InChI is InChI=1S/C28H20F2O2/c1-31-21-13-15-23(25-7-3-5-9-27(25)29)19(17-21)11-12-20-18-22(32-2)14-16-24(20)26-8-4-6-10-28(26)30/h3-10,13-18H,1-2H3. The Bertz CT molecular complexity index is 1230. The molecule has 0 fully saturated rings. The van der Waals surface area contributed by atoms with Crippen molar-refractivity contribution in [1.82, 2.24) is 0 Å². The largest absolute Gasteiger partial charge is 0.497 e. The van der Waals surface area contributed by atoms with E-state index in [1.807, 2.05) is 0 Å². The number of hydrogen-bond donors (Lipinski definition) is 0. The van der Waals surface area contributed by atoms with Crippen molar-refractivity contribution in [2.75, 3.05) is 14.2 Å². The third-order valence-corrected chi connectivity index (χ3v) is 5.11. The second-order valence-corrected chi connectivity index (χ2v) is 7.03. The van der Waals surface area contributed by atoms with E-state index in [0.29, 0.717) is 44.9 Å². The molecule has 0 amide bonds. The molecule has 0 saturated carbocycles. The minimum absolute atomic E-state index is 0.339. The van der Waals surface area contributed by atoms with Crippen LogP contribution < -0.4 is 9.47 Å². The molecule has 0 spiro atoms. The number of rotatable bonds is 4. The van der Waals surface area contributed by atoms with Crippen LogP contribution in [0.3, 0.4) is 0 Å². The quantitative estimate of drug-likeness (QED) is 0.338. The highest BCUT2D eigenvalue weighted by molar-refractivity contribution is 5.76. The van der Waals surface area contributed by atoms with Crippen molar-refractivity contribution in [2.45, 2.75) is 0 Å². The van der Waals surface area contributed by atoms with Crippen molar-refractivity contribution in [2.24, 2.45) is 0 Å². The molecule has 32 heavy (non-hydrogen) atoms. The number of methoxy groups -OCH3 is 2. The molecular formula is C28H20F2O2. The molecule has 2 nitrogen and oxygen atoms in total. The second-order valence-electron chi connectivity index (χ2n) is 7.03. The van der Waals surface area contributed by atoms with Gasteiger partial charge in [0.1, 0.15) is 23.1 Å². The van der Waals surface area contributed by atoms with Gasteiger partial charge in [-0.3, -0.25) is 0 Å². The Labute approximate surface area is 186 Å². The van der Waals surface area contributed by atoms with Crippen LogP contribution in [-0.4, -0.2) is 14.2 Å². The average Bonchev–Trinajstić information content (AvgIpc) is 2.83. The fraction of sp³-hybridized carbons (Fsp3) is 0.0714. The van der Waals surface area contributed by atoms with Gasteiger partial charge in [0.15, 0.2) is 0 Å². The van der Waals surface area contributed by atoms with E-state index in [9.17, 15) is 8.78 Å². The van der Waals surface area contributed by atoms with Crippen LogP contribution >= 0.6 is 0 Å². The van der Waals surface area contributed by atoms with Gasteiger partial charge in [0, 0.05) is 33.4 Å². The zero-order valence-corrected chi connectivity index (χ0v) is 17.7. The molecule has 0 aliphatic rings. The maximum atomic E-state index is 14.5. The summed E-state index contributed by atoms with van der Waals surface area (Å²) in [5, 5.41) is 0. The van der Waals surface area contributed by atoms with Gasteiger partial charge in [-0.1, -0.05) is 48.2 Å². The minimum atomic E-state index is -0.339. The fourth-order valence-corrected chi connectivity index (χ4v) is 3.47. The molecular weight excluding hydrogens is 406 g/mol. The Morgan fingerprint density at radius 2 is 0.938 bits per heavy atom. The Hall–Kier alpha value is -4.10. The maximum Gasteiger partial charge on any atom is 0.131 e. The molecule has 0 N–H and O–H groups in total. The predicted octanol–water partition coefficient (Wildman–Crippen LogP) is 6.72. The molecule has 4 heteroatoms. The number of hydrogen-bond acceptors (Lipinski definition) is 2. The van der Waals surface area contributed by atoms with Gasteiger partial charge in [-0.2, -0.15) is 0 Å². The first-order valence-corrected chi connectivity index (χ1v) is 9.98. The van der Waals surface area contributed by atoms with E-state index in [1.54, 1.807) is 87.0 Å². The summed E-state index contributed by atoms with van der Waals surface area (Å²) in [6.45, 7) is 0. The lowest BCUT2D eigenvalue weighted by molar-refractivity contribution is 0.414. The van der Waals surface area contributed by atoms with Crippen molar-refractivity contribution in [1.29, 1.82) is 0 Å². The van der Waals surface area contributed by atoms with E-state index < -0.39 is 0 Å². The minimum Gasteiger partial charge on any atom is -0.497 e. The van der Waals surface area contributed by atoms with Gasteiger partial charge >= 0.3 is 0 Å². The Morgan fingerprint density at radius 3 is 1.31 bits per heavy atom. The molecule has 0 atom stereocenters.